The van der Waals surface area contributed by atoms with Crippen LogP contribution in [0.1, 0.15) is 29.2 Å². The summed E-state index contributed by atoms with van der Waals surface area (Å²) in [6.07, 6.45) is 3.81. The second kappa shape index (κ2) is 12.0. The molecule has 9 heteroatoms. The maximum atomic E-state index is 12.7. The van der Waals surface area contributed by atoms with Crippen molar-refractivity contribution in [2.75, 3.05) is 19.6 Å². The van der Waals surface area contributed by atoms with Crippen molar-refractivity contribution < 1.29 is 24.2 Å². The van der Waals surface area contributed by atoms with E-state index in [-0.39, 0.29) is 11.9 Å². The summed E-state index contributed by atoms with van der Waals surface area (Å²) in [6.45, 7) is 7.14. The summed E-state index contributed by atoms with van der Waals surface area (Å²) in [5, 5.41) is 9.55. The number of hydrogen-bond acceptors (Lipinski definition) is 5. The average molecular weight is 536 g/mol. The van der Waals surface area contributed by atoms with Crippen LogP contribution >= 0.6 is 11.6 Å². The van der Waals surface area contributed by atoms with Crippen LogP contribution in [0.4, 0.5) is 4.79 Å². The first-order chi connectivity index (χ1) is 18.2. The van der Waals surface area contributed by atoms with Gasteiger partial charge < -0.3 is 24.4 Å². The number of rotatable bonds is 7. The zero-order valence-electron chi connectivity index (χ0n) is 21.6. The number of halogens is 1. The molecule has 1 aromatic heterocycles. The van der Waals surface area contributed by atoms with E-state index < -0.39 is 6.09 Å². The zero-order valence-corrected chi connectivity index (χ0v) is 22.3. The second-order valence-electron chi connectivity index (χ2n) is 9.30. The van der Waals surface area contributed by atoms with Gasteiger partial charge in [0.1, 0.15) is 12.4 Å². The number of carboxylic acid groups (broad SMARTS) is 1. The quantitative estimate of drug-likeness (QED) is 0.376. The van der Waals surface area contributed by atoms with Gasteiger partial charge in [-0.1, -0.05) is 41.4 Å². The van der Waals surface area contributed by atoms with Gasteiger partial charge in [0.15, 0.2) is 5.75 Å². The van der Waals surface area contributed by atoms with Crippen LogP contribution in [0.25, 0.3) is 6.08 Å². The molecule has 2 aromatic carbocycles. The maximum Gasteiger partial charge on any atom is 0.407 e. The fraction of sp³-hybridized carbons (Fsp3) is 0.276. The summed E-state index contributed by atoms with van der Waals surface area (Å²) in [5.41, 5.74) is 3.81. The van der Waals surface area contributed by atoms with Crippen molar-refractivity contribution in [3.05, 3.63) is 88.1 Å². The summed E-state index contributed by atoms with van der Waals surface area (Å²) in [6, 6.07) is 15.1. The number of carbonyl (C=O) groups is 2. The third kappa shape index (κ3) is 6.83. The number of amides is 2. The normalized spacial score (nSPS) is 15.5. The molecule has 0 saturated carbocycles. The number of carbonyl (C=O) groups excluding carboxylic acids is 1. The standard InChI is InChI=1S/C29H30ClN3O5/c1-19-4-6-22(7-5-19)18-37-24-9-10-26(31-16-24)38-28-20(2)14-23(15-25(28)30)8-11-27(34)33-13-12-32(29(35)36)17-21(33)3/h4-11,14-16,21H,12-13,17-18H2,1-3H3,(H,35,36)/t21-/m0/s1. The molecule has 8 nitrogen and oxygen atoms in total. The molecule has 0 radical (unpaired) electrons. The van der Waals surface area contributed by atoms with E-state index in [2.05, 4.69) is 4.98 Å². The Balaban J connectivity index is 1.36. The van der Waals surface area contributed by atoms with Crippen LogP contribution in [0, 0.1) is 13.8 Å². The first kappa shape index (κ1) is 27.0. The highest BCUT2D eigenvalue weighted by molar-refractivity contribution is 6.32. The average Bonchev–Trinajstić information content (AvgIpc) is 2.89. The van der Waals surface area contributed by atoms with Gasteiger partial charge in [-0.25, -0.2) is 9.78 Å². The highest BCUT2D eigenvalue weighted by Gasteiger charge is 2.28. The number of nitrogens with zero attached hydrogens (tertiary/aromatic N) is 3. The molecule has 0 aliphatic carbocycles. The van der Waals surface area contributed by atoms with Crippen molar-refractivity contribution in [2.45, 2.75) is 33.4 Å². The van der Waals surface area contributed by atoms with Crippen LogP contribution in [-0.4, -0.2) is 57.6 Å². The minimum atomic E-state index is -0.968. The van der Waals surface area contributed by atoms with E-state index in [0.29, 0.717) is 48.6 Å². The number of aryl methyl sites for hydroxylation is 2. The van der Waals surface area contributed by atoms with Gasteiger partial charge in [0.25, 0.3) is 0 Å². The van der Waals surface area contributed by atoms with Crippen molar-refractivity contribution in [3.8, 4) is 17.4 Å². The van der Waals surface area contributed by atoms with Gasteiger partial charge in [0, 0.05) is 37.8 Å². The number of ether oxygens (including phenoxy) is 2. The van der Waals surface area contributed by atoms with Crippen molar-refractivity contribution in [1.29, 1.82) is 0 Å². The van der Waals surface area contributed by atoms with Crippen LogP contribution in [0.3, 0.4) is 0 Å². The molecule has 4 rings (SSSR count). The van der Waals surface area contributed by atoms with E-state index in [1.807, 2.05) is 51.1 Å². The van der Waals surface area contributed by atoms with Gasteiger partial charge in [-0.2, -0.15) is 0 Å². The monoisotopic (exact) mass is 535 g/mol. The van der Waals surface area contributed by atoms with Crippen LogP contribution in [-0.2, 0) is 11.4 Å². The SMILES string of the molecule is Cc1ccc(COc2ccc(Oc3c(C)cc(C=CC(=O)N4CCN(C(=O)O)C[C@@H]4C)cc3Cl)nc2)cc1. The fourth-order valence-corrected chi connectivity index (χ4v) is 4.49. The van der Waals surface area contributed by atoms with Gasteiger partial charge >= 0.3 is 6.09 Å². The Kier molecular flexibility index (Phi) is 8.53. The molecule has 1 fully saturated rings. The lowest BCUT2D eigenvalue weighted by atomic mass is 10.1. The Hall–Kier alpha value is -4.04. The van der Waals surface area contributed by atoms with Crippen molar-refractivity contribution in [1.82, 2.24) is 14.8 Å². The summed E-state index contributed by atoms with van der Waals surface area (Å²) in [7, 11) is 0. The number of benzene rings is 2. The molecule has 1 aliphatic rings. The Bertz CT molecular complexity index is 1300. The molecule has 1 N–H and O–H groups in total. The van der Waals surface area contributed by atoms with Gasteiger partial charge in [0.2, 0.25) is 11.8 Å². The molecule has 1 saturated heterocycles. The summed E-state index contributed by atoms with van der Waals surface area (Å²) in [5.74, 6) is 1.31. The van der Waals surface area contributed by atoms with E-state index in [0.717, 1.165) is 16.7 Å². The number of pyridine rings is 1. The molecule has 1 atom stereocenters. The van der Waals surface area contributed by atoms with Gasteiger partial charge in [-0.15, -0.1) is 0 Å². The van der Waals surface area contributed by atoms with E-state index in [9.17, 15) is 9.59 Å². The van der Waals surface area contributed by atoms with E-state index in [4.69, 9.17) is 26.2 Å². The predicted octanol–water partition coefficient (Wildman–Crippen LogP) is 5.95. The highest BCUT2D eigenvalue weighted by atomic mass is 35.5. The van der Waals surface area contributed by atoms with Crippen molar-refractivity contribution in [3.63, 3.8) is 0 Å². The van der Waals surface area contributed by atoms with Crippen LogP contribution in [0.2, 0.25) is 5.02 Å². The molecule has 0 spiro atoms. The van der Waals surface area contributed by atoms with E-state index in [1.165, 1.54) is 16.5 Å². The Morgan fingerprint density at radius 2 is 1.89 bits per heavy atom. The van der Waals surface area contributed by atoms with E-state index in [1.54, 1.807) is 35.4 Å². The molecule has 1 aliphatic heterocycles. The highest BCUT2D eigenvalue weighted by Crippen LogP contribution is 2.34. The second-order valence-corrected chi connectivity index (χ2v) is 9.71. The number of hydrogen-bond donors (Lipinski definition) is 1. The summed E-state index contributed by atoms with van der Waals surface area (Å²) >= 11 is 6.51. The summed E-state index contributed by atoms with van der Waals surface area (Å²) < 4.78 is 11.7. The first-order valence-corrected chi connectivity index (χ1v) is 12.7. The first-order valence-electron chi connectivity index (χ1n) is 12.3. The third-order valence-corrected chi connectivity index (χ3v) is 6.57. The minimum Gasteiger partial charge on any atom is -0.487 e. The summed E-state index contributed by atoms with van der Waals surface area (Å²) in [4.78, 5) is 31.2. The molecule has 2 heterocycles. The van der Waals surface area contributed by atoms with Crippen LogP contribution in [0.15, 0.2) is 60.8 Å². The van der Waals surface area contributed by atoms with Crippen LogP contribution in [0.5, 0.6) is 17.4 Å². The predicted molar refractivity (Wildman–Crippen MR) is 146 cm³/mol. The van der Waals surface area contributed by atoms with Crippen molar-refractivity contribution in [2.24, 2.45) is 0 Å². The third-order valence-electron chi connectivity index (χ3n) is 6.29. The molecule has 0 bridgehead atoms. The maximum absolute atomic E-state index is 12.7. The van der Waals surface area contributed by atoms with E-state index >= 15 is 0 Å². The van der Waals surface area contributed by atoms with Crippen molar-refractivity contribution >= 4 is 29.7 Å². The molecule has 38 heavy (non-hydrogen) atoms. The Morgan fingerprint density at radius 1 is 1.13 bits per heavy atom. The number of aromatic nitrogens is 1. The Labute approximate surface area is 227 Å². The molecule has 3 aromatic rings. The number of piperazine rings is 1. The van der Waals surface area contributed by atoms with Gasteiger partial charge in [0.05, 0.1) is 11.2 Å². The lowest BCUT2D eigenvalue weighted by Gasteiger charge is -2.38. The Morgan fingerprint density at radius 3 is 2.53 bits per heavy atom. The van der Waals surface area contributed by atoms with Crippen LogP contribution < -0.4 is 9.47 Å². The molecule has 198 valence electrons. The lowest BCUT2D eigenvalue weighted by molar-refractivity contribution is -0.129. The zero-order chi connectivity index (χ0) is 27.2. The molecular formula is C29H30ClN3O5. The largest absolute Gasteiger partial charge is 0.487 e. The topological polar surface area (TPSA) is 92.2 Å². The smallest absolute Gasteiger partial charge is 0.407 e. The molecular weight excluding hydrogens is 506 g/mol. The molecule has 0 unspecified atom stereocenters. The lowest BCUT2D eigenvalue weighted by Crippen LogP contribution is -2.54. The minimum absolute atomic E-state index is 0.175. The fourth-order valence-electron chi connectivity index (χ4n) is 4.17. The van der Waals surface area contributed by atoms with Gasteiger partial charge in [-0.3, -0.25) is 4.79 Å². The molecule has 2 amide bonds. The van der Waals surface area contributed by atoms with Gasteiger partial charge in [-0.05, 0) is 61.7 Å².